The standard InChI is InChI=1S/C21H24F3N5O2/c1-3-28-9-10-29(17(20(28)31)7-8-21(22,23)24)19(30)15-6-4-5-14(11-15)16-12-26-18(25)13(2)27-16/h4-6,11-12,17H,3,7-10H2,1-2H3,(H2,25,26). The Labute approximate surface area is 178 Å². The maximum Gasteiger partial charge on any atom is 0.389 e. The number of rotatable bonds is 5. The Kier molecular flexibility index (Phi) is 6.47. The minimum Gasteiger partial charge on any atom is -0.382 e. The van der Waals surface area contributed by atoms with Gasteiger partial charge in [-0.05, 0) is 32.4 Å². The molecule has 0 radical (unpaired) electrons. The Morgan fingerprint density at radius 3 is 2.68 bits per heavy atom. The fourth-order valence-corrected chi connectivity index (χ4v) is 3.58. The molecule has 31 heavy (non-hydrogen) atoms. The lowest BCUT2D eigenvalue weighted by molar-refractivity contribution is -0.149. The number of aromatic nitrogens is 2. The molecule has 1 atom stereocenters. The van der Waals surface area contributed by atoms with Gasteiger partial charge in [0.15, 0.2) is 0 Å². The first-order valence-corrected chi connectivity index (χ1v) is 9.96. The first-order chi connectivity index (χ1) is 14.6. The van der Waals surface area contributed by atoms with Crippen LogP contribution < -0.4 is 5.73 Å². The van der Waals surface area contributed by atoms with Crippen LogP contribution in [0.15, 0.2) is 30.5 Å². The number of carbonyl (C=O) groups excluding carboxylic acids is 2. The van der Waals surface area contributed by atoms with Crippen LogP contribution in [0.1, 0.15) is 35.8 Å². The molecule has 2 aromatic rings. The van der Waals surface area contributed by atoms with Gasteiger partial charge in [-0.3, -0.25) is 9.59 Å². The molecule has 1 saturated heterocycles. The van der Waals surface area contributed by atoms with Gasteiger partial charge in [-0.2, -0.15) is 13.2 Å². The highest BCUT2D eigenvalue weighted by molar-refractivity contribution is 5.99. The molecule has 3 rings (SSSR count). The second kappa shape index (κ2) is 8.91. The quantitative estimate of drug-likeness (QED) is 0.779. The van der Waals surface area contributed by atoms with Crippen molar-refractivity contribution in [3.63, 3.8) is 0 Å². The van der Waals surface area contributed by atoms with Gasteiger partial charge in [0.1, 0.15) is 11.9 Å². The summed E-state index contributed by atoms with van der Waals surface area (Å²) < 4.78 is 38.5. The van der Waals surface area contributed by atoms with Gasteiger partial charge in [-0.25, -0.2) is 9.97 Å². The smallest absolute Gasteiger partial charge is 0.382 e. The molecule has 1 aliphatic rings. The number of likely N-dealkylation sites (N-methyl/N-ethyl adjacent to an activating group) is 1. The van der Waals surface area contributed by atoms with Crippen LogP contribution >= 0.6 is 0 Å². The van der Waals surface area contributed by atoms with Gasteiger partial charge >= 0.3 is 6.18 Å². The Hall–Kier alpha value is -3.17. The molecule has 2 heterocycles. The van der Waals surface area contributed by atoms with Crippen molar-refractivity contribution in [2.24, 2.45) is 0 Å². The predicted octanol–water partition coefficient (Wildman–Crippen LogP) is 3.05. The number of aryl methyl sites for hydroxylation is 1. The van der Waals surface area contributed by atoms with Crippen LogP contribution in [0.3, 0.4) is 0 Å². The molecule has 10 heteroatoms. The largest absolute Gasteiger partial charge is 0.389 e. The summed E-state index contributed by atoms with van der Waals surface area (Å²) in [6, 6.07) is 5.42. The Balaban J connectivity index is 1.88. The molecule has 0 bridgehead atoms. The molecule has 2 amide bonds. The van der Waals surface area contributed by atoms with Crippen molar-refractivity contribution in [2.45, 2.75) is 38.9 Å². The van der Waals surface area contributed by atoms with E-state index in [9.17, 15) is 22.8 Å². The first kappa shape index (κ1) is 22.5. The maximum absolute atomic E-state index is 13.2. The zero-order valence-corrected chi connectivity index (χ0v) is 17.3. The van der Waals surface area contributed by atoms with Crippen molar-refractivity contribution in [3.05, 3.63) is 41.7 Å². The minimum atomic E-state index is -4.41. The number of nitrogens with two attached hydrogens (primary N) is 1. The molecule has 2 N–H and O–H groups in total. The van der Waals surface area contributed by atoms with Gasteiger partial charge in [0.25, 0.3) is 5.91 Å². The van der Waals surface area contributed by atoms with E-state index in [0.717, 1.165) is 0 Å². The lowest BCUT2D eigenvalue weighted by atomic mass is 10.0. The second-order valence-electron chi connectivity index (χ2n) is 7.39. The molecule has 7 nitrogen and oxygen atoms in total. The topological polar surface area (TPSA) is 92.4 Å². The fraction of sp³-hybridized carbons (Fsp3) is 0.429. The first-order valence-electron chi connectivity index (χ1n) is 9.96. The Morgan fingerprint density at radius 1 is 1.29 bits per heavy atom. The summed E-state index contributed by atoms with van der Waals surface area (Å²) in [6.45, 7) is 4.31. The zero-order valence-electron chi connectivity index (χ0n) is 17.3. The molecule has 0 aliphatic carbocycles. The van der Waals surface area contributed by atoms with Crippen LogP contribution in [-0.2, 0) is 4.79 Å². The van der Waals surface area contributed by atoms with E-state index in [4.69, 9.17) is 5.73 Å². The summed E-state index contributed by atoms with van der Waals surface area (Å²) in [5, 5.41) is 0. The molecule has 1 fully saturated rings. The van der Waals surface area contributed by atoms with Gasteiger partial charge in [-0.1, -0.05) is 12.1 Å². The number of benzene rings is 1. The molecular weight excluding hydrogens is 411 g/mol. The monoisotopic (exact) mass is 435 g/mol. The molecular formula is C21H24F3N5O2. The van der Waals surface area contributed by atoms with E-state index < -0.39 is 36.9 Å². The van der Waals surface area contributed by atoms with Gasteiger partial charge in [-0.15, -0.1) is 0 Å². The van der Waals surface area contributed by atoms with Crippen LogP contribution in [-0.4, -0.2) is 63.4 Å². The zero-order chi connectivity index (χ0) is 22.8. The average Bonchev–Trinajstić information content (AvgIpc) is 2.73. The summed E-state index contributed by atoms with van der Waals surface area (Å²) in [5.74, 6) is -0.642. The summed E-state index contributed by atoms with van der Waals surface area (Å²) in [6.07, 6.45) is -4.52. The second-order valence-corrected chi connectivity index (χ2v) is 7.39. The van der Waals surface area contributed by atoms with Crippen LogP contribution in [0, 0.1) is 6.92 Å². The lowest BCUT2D eigenvalue weighted by Crippen LogP contribution is -2.58. The van der Waals surface area contributed by atoms with E-state index in [1.807, 2.05) is 0 Å². The highest BCUT2D eigenvalue weighted by atomic mass is 19.4. The number of alkyl halides is 3. The van der Waals surface area contributed by atoms with E-state index in [2.05, 4.69) is 9.97 Å². The average molecular weight is 435 g/mol. The van der Waals surface area contributed by atoms with E-state index in [1.165, 1.54) is 16.0 Å². The summed E-state index contributed by atoms with van der Waals surface area (Å²) in [5.41, 5.74) is 7.65. The van der Waals surface area contributed by atoms with E-state index in [-0.39, 0.29) is 18.7 Å². The SMILES string of the molecule is CCN1CCN(C(=O)c2cccc(-c3cnc(N)c(C)n3)c2)C(CCC(F)(F)F)C1=O. The van der Waals surface area contributed by atoms with E-state index in [0.29, 0.717) is 29.3 Å². The third-order valence-corrected chi connectivity index (χ3v) is 5.32. The third-order valence-electron chi connectivity index (χ3n) is 5.32. The summed E-state index contributed by atoms with van der Waals surface area (Å²) in [4.78, 5) is 37.1. The Bertz CT molecular complexity index is 980. The number of hydrogen-bond donors (Lipinski definition) is 1. The lowest BCUT2D eigenvalue weighted by Gasteiger charge is -2.40. The van der Waals surface area contributed by atoms with Crippen LogP contribution in [0.4, 0.5) is 19.0 Å². The fourth-order valence-electron chi connectivity index (χ4n) is 3.58. The van der Waals surface area contributed by atoms with E-state index in [1.54, 1.807) is 38.1 Å². The van der Waals surface area contributed by atoms with Crippen molar-refractivity contribution in [1.82, 2.24) is 19.8 Å². The van der Waals surface area contributed by atoms with Crippen LogP contribution in [0.5, 0.6) is 0 Å². The molecule has 1 aromatic carbocycles. The molecule has 166 valence electrons. The number of hydrogen-bond acceptors (Lipinski definition) is 5. The van der Waals surface area contributed by atoms with Gasteiger partial charge in [0.2, 0.25) is 5.91 Å². The van der Waals surface area contributed by atoms with Crippen molar-refractivity contribution >= 4 is 17.6 Å². The third kappa shape index (κ3) is 5.12. The summed E-state index contributed by atoms with van der Waals surface area (Å²) in [7, 11) is 0. The minimum absolute atomic E-state index is 0.173. The van der Waals surface area contributed by atoms with Crippen LogP contribution in [0.2, 0.25) is 0 Å². The van der Waals surface area contributed by atoms with Gasteiger partial charge in [0, 0.05) is 37.2 Å². The molecule has 1 aliphatic heterocycles. The number of anilines is 1. The Morgan fingerprint density at radius 2 is 2.03 bits per heavy atom. The molecule has 1 aromatic heterocycles. The van der Waals surface area contributed by atoms with Crippen molar-refractivity contribution in [1.29, 1.82) is 0 Å². The number of amides is 2. The summed E-state index contributed by atoms with van der Waals surface area (Å²) >= 11 is 0. The number of nitrogens with zero attached hydrogens (tertiary/aromatic N) is 4. The molecule has 0 spiro atoms. The normalized spacial score (nSPS) is 17.2. The molecule has 1 unspecified atom stereocenters. The van der Waals surface area contributed by atoms with Crippen molar-refractivity contribution in [2.75, 3.05) is 25.4 Å². The highest BCUT2D eigenvalue weighted by Gasteiger charge is 2.39. The van der Waals surface area contributed by atoms with Gasteiger partial charge < -0.3 is 15.5 Å². The van der Waals surface area contributed by atoms with Crippen molar-refractivity contribution < 1.29 is 22.8 Å². The number of nitrogen functional groups attached to an aromatic ring is 1. The highest BCUT2D eigenvalue weighted by Crippen LogP contribution is 2.27. The van der Waals surface area contributed by atoms with Gasteiger partial charge in [0.05, 0.1) is 17.6 Å². The number of carbonyl (C=O) groups is 2. The number of piperazine rings is 1. The predicted molar refractivity (Wildman–Crippen MR) is 109 cm³/mol. The van der Waals surface area contributed by atoms with Crippen molar-refractivity contribution in [3.8, 4) is 11.3 Å². The maximum atomic E-state index is 13.2. The molecule has 0 saturated carbocycles. The van der Waals surface area contributed by atoms with Crippen LogP contribution in [0.25, 0.3) is 11.3 Å². The van der Waals surface area contributed by atoms with E-state index >= 15 is 0 Å². The number of halogens is 3.